The number of nitrogens with one attached hydrogen (secondary N) is 1. The molecule has 0 saturated heterocycles. The zero-order valence-corrected chi connectivity index (χ0v) is 20.7. The molecule has 4 bridgehead atoms. The molecule has 4 aliphatic rings. The number of amides is 1. The number of benzene rings is 2. The van der Waals surface area contributed by atoms with Gasteiger partial charge in [0.15, 0.2) is 0 Å². The molecule has 35 heavy (non-hydrogen) atoms. The predicted molar refractivity (Wildman–Crippen MR) is 137 cm³/mol. The fourth-order valence-corrected chi connectivity index (χ4v) is 7.70. The molecule has 2 aromatic rings. The summed E-state index contributed by atoms with van der Waals surface area (Å²) in [6.07, 6.45) is 12.5. The van der Waals surface area contributed by atoms with Crippen LogP contribution in [0.4, 0.5) is 5.69 Å². The lowest BCUT2D eigenvalue weighted by Gasteiger charge is -2.60. The van der Waals surface area contributed by atoms with Crippen LogP contribution in [0.5, 0.6) is 5.75 Å². The van der Waals surface area contributed by atoms with Crippen molar-refractivity contribution < 1.29 is 19.4 Å². The number of carboxylic acid groups (broad SMARTS) is 1. The molecule has 0 spiro atoms. The van der Waals surface area contributed by atoms with Gasteiger partial charge >= 0.3 is 5.97 Å². The van der Waals surface area contributed by atoms with E-state index in [0.717, 1.165) is 42.4 Å². The quantitative estimate of drug-likeness (QED) is 0.386. The molecule has 4 fully saturated rings. The Balaban J connectivity index is 1.14. The Kier molecular flexibility index (Phi) is 6.86. The molecule has 5 nitrogen and oxygen atoms in total. The van der Waals surface area contributed by atoms with E-state index in [1.54, 1.807) is 24.3 Å². The Labute approximate surface area is 208 Å². The van der Waals surface area contributed by atoms with Crippen LogP contribution in [0.25, 0.3) is 0 Å². The van der Waals surface area contributed by atoms with Crippen molar-refractivity contribution in [3.05, 3.63) is 59.7 Å². The average Bonchev–Trinajstić information content (AvgIpc) is 2.83. The molecule has 1 amide bonds. The Morgan fingerprint density at radius 3 is 2.03 bits per heavy atom. The first-order valence-corrected chi connectivity index (χ1v) is 13.3. The minimum Gasteiger partial charge on any atom is -0.494 e. The van der Waals surface area contributed by atoms with Gasteiger partial charge in [-0.05, 0) is 123 Å². The van der Waals surface area contributed by atoms with Gasteiger partial charge in [-0.3, -0.25) is 4.79 Å². The molecular weight excluding hydrogens is 438 g/mol. The van der Waals surface area contributed by atoms with Gasteiger partial charge < -0.3 is 15.2 Å². The number of hydrogen-bond acceptors (Lipinski definition) is 3. The van der Waals surface area contributed by atoms with E-state index in [0.29, 0.717) is 16.7 Å². The van der Waals surface area contributed by atoms with Crippen LogP contribution in [0.15, 0.2) is 48.5 Å². The Hall–Kier alpha value is -2.82. The monoisotopic (exact) mass is 475 g/mol. The van der Waals surface area contributed by atoms with Crippen molar-refractivity contribution in [2.75, 3.05) is 11.9 Å². The first-order chi connectivity index (χ1) is 16.9. The first-order valence-electron chi connectivity index (χ1n) is 13.3. The first kappa shape index (κ1) is 23.9. The van der Waals surface area contributed by atoms with Gasteiger partial charge in [0.1, 0.15) is 5.75 Å². The Morgan fingerprint density at radius 2 is 1.49 bits per heavy atom. The fraction of sp³-hybridized carbons (Fsp3) is 0.533. The summed E-state index contributed by atoms with van der Waals surface area (Å²) in [6, 6.07) is 13.4. The van der Waals surface area contributed by atoms with Crippen molar-refractivity contribution in [3.63, 3.8) is 0 Å². The summed E-state index contributed by atoms with van der Waals surface area (Å²) in [6.45, 7) is 3.05. The van der Waals surface area contributed by atoms with Crippen molar-refractivity contribution in [1.29, 1.82) is 0 Å². The molecule has 5 heteroatoms. The highest BCUT2D eigenvalue weighted by Gasteiger charge is 2.53. The smallest absolute Gasteiger partial charge is 0.335 e. The standard InChI is InChI=1S/C30H37NO4/c1-2-3-25(30-17-20-14-21(18-30)16-22(15-20)19-30)12-13-35-27-10-6-23(7-11-27)28(32)31-26-8-4-24(5-9-26)29(33)34/h4-11,20-22,25H,2-3,12-19H2,1H3,(H,31,32)(H,33,34). The Morgan fingerprint density at radius 1 is 0.914 bits per heavy atom. The van der Waals surface area contributed by atoms with Crippen LogP contribution in [0, 0.1) is 29.1 Å². The Bertz CT molecular complexity index is 1010. The lowest BCUT2D eigenvalue weighted by molar-refractivity contribution is -0.0930. The lowest BCUT2D eigenvalue weighted by atomic mass is 9.46. The van der Waals surface area contributed by atoms with Crippen molar-refractivity contribution in [3.8, 4) is 5.75 Å². The van der Waals surface area contributed by atoms with Gasteiger partial charge in [0.2, 0.25) is 0 Å². The second-order valence-corrected chi connectivity index (χ2v) is 11.3. The number of carbonyl (C=O) groups is 2. The molecule has 0 aliphatic heterocycles. The number of anilines is 1. The van der Waals surface area contributed by atoms with E-state index in [-0.39, 0.29) is 11.5 Å². The van der Waals surface area contributed by atoms with Crippen LogP contribution in [0.3, 0.4) is 0 Å². The molecule has 6 rings (SSSR count). The van der Waals surface area contributed by atoms with Crippen molar-refractivity contribution in [2.45, 2.75) is 64.7 Å². The van der Waals surface area contributed by atoms with Crippen LogP contribution in [0.1, 0.15) is 85.4 Å². The van der Waals surface area contributed by atoms with Crippen molar-refractivity contribution in [1.82, 2.24) is 0 Å². The maximum absolute atomic E-state index is 12.6. The van der Waals surface area contributed by atoms with Crippen LogP contribution in [0.2, 0.25) is 0 Å². The number of aromatic carboxylic acids is 1. The second kappa shape index (κ2) is 10.0. The van der Waals surface area contributed by atoms with Gasteiger partial charge in [0.05, 0.1) is 12.2 Å². The van der Waals surface area contributed by atoms with E-state index in [1.165, 1.54) is 63.5 Å². The minimum absolute atomic E-state index is 0.189. The van der Waals surface area contributed by atoms with Gasteiger partial charge in [0, 0.05) is 11.3 Å². The fourth-order valence-electron chi connectivity index (χ4n) is 7.70. The third kappa shape index (κ3) is 5.24. The van der Waals surface area contributed by atoms with Gasteiger partial charge in [0.25, 0.3) is 5.91 Å². The maximum atomic E-state index is 12.6. The highest BCUT2D eigenvalue weighted by molar-refractivity contribution is 6.04. The summed E-state index contributed by atoms with van der Waals surface area (Å²) in [5.74, 6) is 3.29. The molecule has 0 aromatic heterocycles. The van der Waals surface area contributed by atoms with Crippen molar-refractivity contribution in [2.24, 2.45) is 29.1 Å². The molecule has 2 aromatic carbocycles. The second-order valence-electron chi connectivity index (χ2n) is 11.3. The molecule has 4 aliphatic carbocycles. The summed E-state index contributed by atoms with van der Waals surface area (Å²) >= 11 is 0. The molecule has 186 valence electrons. The summed E-state index contributed by atoms with van der Waals surface area (Å²) in [4.78, 5) is 23.5. The van der Waals surface area contributed by atoms with E-state index in [1.807, 2.05) is 12.1 Å². The maximum Gasteiger partial charge on any atom is 0.335 e. The van der Waals surface area contributed by atoms with Crippen LogP contribution < -0.4 is 10.1 Å². The summed E-state index contributed by atoms with van der Waals surface area (Å²) in [5.41, 5.74) is 1.86. The van der Waals surface area contributed by atoms with E-state index in [4.69, 9.17) is 9.84 Å². The summed E-state index contributed by atoms with van der Waals surface area (Å²) in [7, 11) is 0. The van der Waals surface area contributed by atoms with E-state index >= 15 is 0 Å². The zero-order valence-electron chi connectivity index (χ0n) is 20.7. The summed E-state index contributed by atoms with van der Waals surface area (Å²) < 4.78 is 6.15. The average molecular weight is 476 g/mol. The minimum atomic E-state index is -0.989. The molecule has 1 unspecified atom stereocenters. The number of rotatable bonds is 10. The molecule has 1 atom stereocenters. The third-order valence-corrected chi connectivity index (χ3v) is 8.83. The molecular formula is C30H37NO4. The highest BCUT2D eigenvalue weighted by atomic mass is 16.5. The lowest BCUT2D eigenvalue weighted by Crippen LogP contribution is -2.49. The topological polar surface area (TPSA) is 75.6 Å². The highest BCUT2D eigenvalue weighted by Crippen LogP contribution is 2.63. The van der Waals surface area contributed by atoms with Gasteiger partial charge in [-0.25, -0.2) is 4.79 Å². The van der Waals surface area contributed by atoms with E-state index in [2.05, 4.69) is 12.2 Å². The van der Waals surface area contributed by atoms with Gasteiger partial charge in [-0.2, -0.15) is 0 Å². The van der Waals surface area contributed by atoms with Gasteiger partial charge in [-0.1, -0.05) is 19.8 Å². The molecule has 0 heterocycles. The van der Waals surface area contributed by atoms with Crippen LogP contribution >= 0.6 is 0 Å². The van der Waals surface area contributed by atoms with E-state index < -0.39 is 5.97 Å². The molecule has 4 saturated carbocycles. The molecule has 0 radical (unpaired) electrons. The van der Waals surface area contributed by atoms with E-state index in [9.17, 15) is 9.59 Å². The zero-order chi connectivity index (χ0) is 24.4. The number of ether oxygens (including phenoxy) is 1. The normalized spacial score (nSPS) is 27.4. The number of carbonyl (C=O) groups excluding carboxylic acids is 1. The van der Waals surface area contributed by atoms with Gasteiger partial charge in [-0.15, -0.1) is 0 Å². The largest absolute Gasteiger partial charge is 0.494 e. The number of hydrogen-bond donors (Lipinski definition) is 2. The van der Waals surface area contributed by atoms with Crippen LogP contribution in [-0.4, -0.2) is 23.6 Å². The third-order valence-electron chi connectivity index (χ3n) is 8.83. The molecule has 2 N–H and O–H groups in total. The number of carboxylic acids is 1. The SMILES string of the molecule is CCCC(CCOc1ccc(C(=O)Nc2ccc(C(=O)O)cc2)cc1)C12CC3CC(CC(C3)C1)C2. The predicted octanol–water partition coefficient (Wildman–Crippen LogP) is 7.04. The summed E-state index contributed by atoms with van der Waals surface area (Å²) in [5, 5.41) is 11.8. The van der Waals surface area contributed by atoms with Crippen molar-refractivity contribution >= 4 is 17.6 Å². The van der Waals surface area contributed by atoms with Crippen LogP contribution in [-0.2, 0) is 0 Å².